The minimum Gasteiger partial charge on any atom is -0.379 e. The number of carbonyl (C=O) groups is 1. The molecule has 1 atom stereocenters. The molecule has 1 fully saturated rings. The highest BCUT2D eigenvalue weighted by molar-refractivity contribution is 7.80. The zero-order valence-corrected chi connectivity index (χ0v) is 10.2. The van der Waals surface area contributed by atoms with Crippen LogP contribution in [0, 0.1) is 5.82 Å². The highest BCUT2D eigenvalue weighted by Gasteiger charge is 2.17. The lowest BCUT2D eigenvalue weighted by Crippen LogP contribution is -2.40. The van der Waals surface area contributed by atoms with E-state index < -0.39 is 5.82 Å². The first kappa shape index (κ1) is 12.4. The maximum absolute atomic E-state index is 13.0. The van der Waals surface area contributed by atoms with E-state index in [1.54, 1.807) is 0 Å². The van der Waals surface area contributed by atoms with E-state index in [0.29, 0.717) is 12.2 Å². The Morgan fingerprint density at radius 2 is 2.35 bits per heavy atom. The van der Waals surface area contributed by atoms with Crippen LogP contribution in [0.15, 0.2) is 23.1 Å². The third-order valence-electron chi connectivity index (χ3n) is 2.70. The largest absolute Gasteiger partial charge is 0.379 e. The van der Waals surface area contributed by atoms with Crippen LogP contribution in [0.2, 0.25) is 0 Å². The number of halogens is 1. The third-order valence-corrected chi connectivity index (χ3v) is 3.05. The maximum atomic E-state index is 13.0. The fraction of sp³-hybridized carbons (Fsp3) is 0.417. The van der Waals surface area contributed by atoms with Crippen molar-refractivity contribution in [2.24, 2.45) is 0 Å². The summed E-state index contributed by atoms with van der Waals surface area (Å²) in [6, 6.07) is 4.17. The molecule has 5 heteroatoms. The number of nitrogens with one attached hydrogen (secondary N) is 1. The number of rotatable bonds is 2. The molecule has 92 valence electrons. The molecule has 0 aliphatic carbocycles. The van der Waals surface area contributed by atoms with Gasteiger partial charge in [-0.2, -0.15) is 0 Å². The Morgan fingerprint density at radius 1 is 1.53 bits per heavy atom. The van der Waals surface area contributed by atoms with Crippen molar-refractivity contribution in [3.8, 4) is 0 Å². The van der Waals surface area contributed by atoms with Crippen LogP contribution in [0.25, 0.3) is 0 Å². The van der Waals surface area contributed by atoms with Crippen LogP contribution in [0.1, 0.15) is 23.2 Å². The fourth-order valence-corrected chi connectivity index (χ4v) is 1.99. The van der Waals surface area contributed by atoms with Crippen LogP contribution < -0.4 is 5.32 Å². The van der Waals surface area contributed by atoms with Gasteiger partial charge in [0.15, 0.2) is 0 Å². The summed E-state index contributed by atoms with van der Waals surface area (Å²) in [5.41, 5.74) is 0.418. The molecule has 0 bridgehead atoms. The number of hydrogen-bond donors (Lipinski definition) is 2. The van der Waals surface area contributed by atoms with E-state index in [0.717, 1.165) is 19.4 Å². The van der Waals surface area contributed by atoms with Crippen molar-refractivity contribution in [3.05, 3.63) is 29.6 Å². The molecule has 1 aromatic carbocycles. The minimum atomic E-state index is -0.425. The second-order valence-corrected chi connectivity index (χ2v) is 4.54. The van der Waals surface area contributed by atoms with Gasteiger partial charge in [0.05, 0.1) is 12.6 Å². The quantitative estimate of drug-likeness (QED) is 0.794. The number of benzene rings is 1. The van der Waals surface area contributed by atoms with Crippen LogP contribution in [-0.2, 0) is 4.74 Å². The Hall–Kier alpha value is -1.07. The lowest BCUT2D eigenvalue weighted by atomic mass is 10.1. The monoisotopic (exact) mass is 255 g/mol. The second-order valence-electron chi connectivity index (χ2n) is 4.05. The van der Waals surface area contributed by atoms with Crippen molar-refractivity contribution in [3.63, 3.8) is 0 Å². The number of ether oxygens (including phenoxy) is 1. The van der Waals surface area contributed by atoms with Crippen molar-refractivity contribution < 1.29 is 13.9 Å². The SMILES string of the molecule is O=C(NC1CCCOC1)c1ccc(F)c(S)c1. The summed E-state index contributed by atoms with van der Waals surface area (Å²) in [4.78, 5) is 12.0. The van der Waals surface area contributed by atoms with Crippen LogP contribution in [0.4, 0.5) is 4.39 Å². The molecule has 0 spiro atoms. The van der Waals surface area contributed by atoms with Crippen molar-refractivity contribution in [2.75, 3.05) is 13.2 Å². The van der Waals surface area contributed by atoms with Gasteiger partial charge in [-0.25, -0.2) is 4.39 Å². The number of carbonyl (C=O) groups excluding carboxylic acids is 1. The standard InChI is InChI=1S/C12H14FNO2S/c13-10-4-3-8(6-11(10)17)12(15)14-9-2-1-5-16-7-9/h3-4,6,9,17H,1-2,5,7H2,(H,14,15). The highest BCUT2D eigenvalue weighted by atomic mass is 32.1. The number of hydrogen-bond acceptors (Lipinski definition) is 3. The fourth-order valence-electron chi connectivity index (χ4n) is 1.78. The van der Waals surface area contributed by atoms with Gasteiger partial charge in [0, 0.05) is 17.1 Å². The van der Waals surface area contributed by atoms with Crippen LogP contribution in [-0.4, -0.2) is 25.2 Å². The molecular formula is C12H14FNO2S. The molecule has 1 aliphatic rings. The molecule has 1 saturated heterocycles. The predicted octanol–water partition coefficient (Wildman–Crippen LogP) is 2.02. The first-order chi connectivity index (χ1) is 8.16. The molecule has 1 aromatic rings. The normalized spacial score (nSPS) is 20.0. The van der Waals surface area contributed by atoms with Crippen molar-refractivity contribution in [2.45, 2.75) is 23.8 Å². The summed E-state index contributed by atoms with van der Waals surface area (Å²) in [6.45, 7) is 1.30. The number of thiol groups is 1. The van der Waals surface area contributed by atoms with E-state index in [2.05, 4.69) is 17.9 Å². The van der Waals surface area contributed by atoms with Gasteiger partial charge in [0.2, 0.25) is 0 Å². The van der Waals surface area contributed by atoms with E-state index >= 15 is 0 Å². The van der Waals surface area contributed by atoms with Gasteiger partial charge in [-0.1, -0.05) is 0 Å². The molecule has 2 rings (SSSR count). The Morgan fingerprint density at radius 3 is 3.00 bits per heavy atom. The Bertz CT molecular complexity index is 419. The molecule has 1 unspecified atom stereocenters. The lowest BCUT2D eigenvalue weighted by Gasteiger charge is -2.23. The Labute approximate surface area is 105 Å². The third kappa shape index (κ3) is 3.20. The maximum Gasteiger partial charge on any atom is 0.251 e. The van der Waals surface area contributed by atoms with E-state index in [9.17, 15) is 9.18 Å². The second kappa shape index (κ2) is 5.51. The van der Waals surface area contributed by atoms with Gasteiger partial charge in [0.25, 0.3) is 5.91 Å². The molecule has 17 heavy (non-hydrogen) atoms. The predicted molar refractivity (Wildman–Crippen MR) is 65.0 cm³/mol. The summed E-state index contributed by atoms with van der Waals surface area (Å²) >= 11 is 3.95. The summed E-state index contributed by atoms with van der Waals surface area (Å²) in [7, 11) is 0. The molecule has 0 saturated carbocycles. The van der Waals surface area contributed by atoms with Gasteiger partial charge >= 0.3 is 0 Å². The minimum absolute atomic E-state index is 0.0460. The van der Waals surface area contributed by atoms with Crippen molar-refractivity contribution in [1.29, 1.82) is 0 Å². The molecule has 0 aromatic heterocycles. The first-order valence-corrected chi connectivity index (χ1v) is 5.98. The first-order valence-electron chi connectivity index (χ1n) is 5.54. The number of amides is 1. The van der Waals surface area contributed by atoms with Gasteiger partial charge < -0.3 is 10.1 Å². The topological polar surface area (TPSA) is 38.3 Å². The van der Waals surface area contributed by atoms with E-state index in [4.69, 9.17) is 4.74 Å². The highest BCUT2D eigenvalue weighted by Crippen LogP contribution is 2.15. The van der Waals surface area contributed by atoms with Gasteiger partial charge in [0.1, 0.15) is 5.82 Å². The summed E-state index contributed by atoms with van der Waals surface area (Å²) in [6.07, 6.45) is 1.87. The van der Waals surface area contributed by atoms with Crippen LogP contribution in [0.3, 0.4) is 0 Å². The van der Waals surface area contributed by atoms with Gasteiger partial charge in [-0.3, -0.25) is 4.79 Å². The van der Waals surface area contributed by atoms with Crippen molar-refractivity contribution >= 4 is 18.5 Å². The Balaban J connectivity index is 2.01. The van der Waals surface area contributed by atoms with Crippen molar-refractivity contribution in [1.82, 2.24) is 5.32 Å². The average Bonchev–Trinajstić information content (AvgIpc) is 2.34. The Kier molecular flexibility index (Phi) is 4.02. The van der Waals surface area contributed by atoms with Crippen LogP contribution >= 0.6 is 12.6 Å². The molecule has 3 nitrogen and oxygen atoms in total. The molecule has 1 heterocycles. The van der Waals surface area contributed by atoms with E-state index in [1.807, 2.05) is 0 Å². The molecular weight excluding hydrogens is 241 g/mol. The lowest BCUT2D eigenvalue weighted by molar-refractivity contribution is 0.0624. The zero-order valence-electron chi connectivity index (χ0n) is 9.28. The summed E-state index contributed by atoms with van der Waals surface area (Å²) < 4.78 is 18.3. The summed E-state index contributed by atoms with van der Waals surface area (Å²) in [5, 5.41) is 2.86. The average molecular weight is 255 g/mol. The van der Waals surface area contributed by atoms with Gasteiger partial charge in [-0.05, 0) is 31.0 Å². The molecule has 1 N–H and O–H groups in total. The van der Waals surface area contributed by atoms with Crippen LogP contribution in [0.5, 0.6) is 0 Å². The molecule has 0 radical (unpaired) electrons. The molecule has 1 aliphatic heterocycles. The summed E-state index contributed by atoms with van der Waals surface area (Å²) in [5.74, 6) is -0.637. The van der Waals surface area contributed by atoms with E-state index in [1.165, 1.54) is 18.2 Å². The van der Waals surface area contributed by atoms with E-state index in [-0.39, 0.29) is 16.8 Å². The zero-order chi connectivity index (χ0) is 12.3. The van der Waals surface area contributed by atoms with Gasteiger partial charge in [-0.15, -0.1) is 12.6 Å². The molecule has 1 amide bonds. The smallest absolute Gasteiger partial charge is 0.251 e.